The van der Waals surface area contributed by atoms with Crippen molar-refractivity contribution in [2.24, 2.45) is 5.92 Å². The van der Waals surface area contributed by atoms with Crippen LogP contribution in [0.15, 0.2) is 30.2 Å². The van der Waals surface area contributed by atoms with Crippen LogP contribution in [0.25, 0.3) is 0 Å². The molecule has 220 valence electrons. The van der Waals surface area contributed by atoms with E-state index in [1.807, 2.05) is 32.9 Å². The Morgan fingerprint density at radius 3 is 2.52 bits per heavy atom. The molecular weight excluding hydrogens is 578 g/mol. The molecule has 1 fully saturated rings. The van der Waals surface area contributed by atoms with Gasteiger partial charge in [0.25, 0.3) is 0 Å². The maximum atomic E-state index is 12.7. The Labute approximate surface area is 242 Å². The highest BCUT2D eigenvalue weighted by Crippen LogP contribution is 2.37. The zero-order valence-electron chi connectivity index (χ0n) is 23.3. The first-order valence-electron chi connectivity index (χ1n) is 12.7. The Hall–Kier alpha value is -2.94. The minimum atomic E-state index is -3.85. The van der Waals surface area contributed by atoms with Crippen molar-refractivity contribution in [2.75, 3.05) is 36.5 Å². The lowest BCUT2D eigenvalue weighted by Gasteiger charge is -2.36. The molecule has 40 heavy (non-hydrogen) atoms. The Balaban J connectivity index is 1.91. The molecule has 0 aliphatic carbocycles. The van der Waals surface area contributed by atoms with E-state index in [2.05, 4.69) is 25.9 Å². The second-order valence-corrected chi connectivity index (χ2v) is 13.6. The van der Waals surface area contributed by atoms with Gasteiger partial charge in [-0.1, -0.05) is 25.4 Å². The van der Waals surface area contributed by atoms with Gasteiger partial charge in [-0.3, -0.25) is 5.41 Å². The zero-order valence-corrected chi connectivity index (χ0v) is 25.7. The first kappa shape index (κ1) is 31.6. The highest BCUT2D eigenvalue weighted by Gasteiger charge is 2.32. The van der Waals surface area contributed by atoms with E-state index in [0.29, 0.717) is 24.5 Å². The van der Waals surface area contributed by atoms with Crippen LogP contribution in [0.5, 0.6) is 5.75 Å². The Kier molecular flexibility index (Phi) is 10.4. The molecule has 0 spiro atoms. The summed E-state index contributed by atoms with van der Waals surface area (Å²) >= 11 is 6.33. The van der Waals surface area contributed by atoms with Crippen molar-refractivity contribution in [3.63, 3.8) is 0 Å². The smallest absolute Gasteiger partial charge is 0.229 e. The van der Waals surface area contributed by atoms with E-state index in [1.165, 1.54) is 16.7 Å². The van der Waals surface area contributed by atoms with Gasteiger partial charge in [-0.25, -0.2) is 26.1 Å². The van der Waals surface area contributed by atoms with Crippen LogP contribution in [0, 0.1) is 18.3 Å². The van der Waals surface area contributed by atoms with Gasteiger partial charge in [0.2, 0.25) is 16.8 Å². The summed E-state index contributed by atoms with van der Waals surface area (Å²) in [7, 11) is -4.86. The molecule has 0 unspecified atom stereocenters. The monoisotopic (exact) mass is 613 g/mol. The Morgan fingerprint density at radius 1 is 1.27 bits per heavy atom. The summed E-state index contributed by atoms with van der Waals surface area (Å²) in [5.74, 6) is 0.541. The summed E-state index contributed by atoms with van der Waals surface area (Å²) in [6, 6.07) is 3.79. The Bertz CT molecular complexity index is 1460. The minimum Gasteiger partial charge on any atom is -0.489 e. The van der Waals surface area contributed by atoms with Crippen molar-refractivity contribution < 1.29 is 21.6 Å². The largest absolute Gasteiger partial charge is 0.489 e. The molecule has 12 nitrogen and oxygen atoms in total. The number of ether oxygens (including phenoxy) is 1. The van der Waals surface area contributed by atoms with E-state index >= 15 is 0 Å². The number of hydrogen-bond acceptors (Lipinski definition) is 11. The topological polar surface area (TPSA) is 166 Å². The standard InChI is InChI=1S/C25H36ClN7O5S2/c1-14(2)13-40(36,37)23(27)21(10-28-6)30-24-19(26)9-29-25(32-24)31-20-7-16(5)18(8-22(20)38-15(3)4)17-11-33(12-17)39(34)35/h7-10,14-15,17,27-28,39H,11-13H2,1-6H3,(H2,29,30,31,32)/b21-10+,27-23?. The van der Waals surface area contributed by atoms with Gasteiger partial charge in [-0.05, 0) is 49.9 Å². The van der Waals surface area contributed by atoms with Crippen LogP contribution in [0.3, 0.4) is 0 Å². The van der Waals surface area contributed by atoms with Crippen molar-refractivity contribution in [3.05, 3.63) is 46.4 Å². The third-order valence-electron chi connectivity index (χ3n) is 5.90. The molecule has 0 bridgehead atoms. The number of anilines is 3. The van der Waals surface area contributed by atoms with Crippen molar-refractivity contribution in [1.82, 2.24) is 19.6 Å². The molecule has 0 amide bonds. The molecule has 0 saturated carbocycles. The number of hydrogen-bond donors (Lipinski definition) is 5. The van der Waals surface area contributed by atoms with Crippen molar-refractivity contribution >= 4 is 54.8 Å². The van der Waals surface area contributed by atoms with Crippen molar-refractivity contribution in [2.45, 2.75) is 46.6 Å². The lowest BCUT2D eigenvalue weighted by Crippen LogP contribution is -2.43. The molecule has 1 saturated heterocycles. The third kappa shape index (κ3) is 7.83. The number of aromatic nitrogens is 2. The molecule has 1 aromatic heterocycles. The average molecular weight is 614 g/mol. The second-order valence-electron chi connectivity index (χ2n) is 10.2. The van der Waals surface area contributed by atoms with Crippen LogP contribution in [0.2, 0.25) is 5.02 Å². The van der Waals surface area contributed by atoms with E-state index in [4.69, 9.17) is 21.7 Å². The summed E-state index contributed by atoms with van der Waals surface area (Å²) < 4.78 is 55.3. The third-order valence-corrected chi connectivity index (χ3v) is 8.92. The van der Waals surface area contributed by atoms with Gasteiger partial charge >= 0.3 is 0 Å². The quantitative estimate of drug-likeness (QED) is 0.136. The fourth-order valence-corrected chi connectivity index (χ4v) is 6.42. The minimum absolute atomic E-state index is 0.0203. The number of aryl methyl sites for hydroxylation is 1. The molecule has 2 aromatic rings. The normalized spacial score (nSPS) is 14.9. The van der Waals surface area contributed by atoms with E-state index < -0.39 is 25.8 Å². The molecule has 2 heterocycles. The maximum Gasteiger partial charge on any atom is 0.229 e. The number of thiol groups is 1. The SMILES string of the molecule is CN/C=C(/Nc1nc(Nc2cc(C)c(C3CN([SH](=O)=O)C3)cc2OC(C)C)ncc1Cl)C(=N)S(=O)(=O)CC(C)C. The number of benzene rings is 1. The summed E-state index contributed by atoms with van der Waals surface area (Å²) in [4.78, 5) is 8.68. The van der Waals surface area contributed by atoms with E-state index in [-0.39, 0.29) is 46.2 Å². The van der Waals surface area contributed by atoms with E-state index in [0.717, 1.165) is 11.1 Å². The molecule has 1 aliphatic rings. The fraction of sp³-hybridized carbons (Fsp3) is 0.480. The van der Waals surface area contributed by atoms with Crippen molar-refractivity contribution in [3.8, 4) is 5.75 Å². The van der Waals surface area contributed by atoms with Gasteiger partial charge in [-0.15, -0.1) is 0 Å². The van der Waals surface area contributed by atoms with Gasteiger partial charge in [0, 0.05) is 32.3 Å². The van der Waals surface area contributed by atoms with Gasteiger partial charge < -0.3 is 20.7 Å². The first-order valence-corrected chi connectivity index (χ1v) is 15.8. The van der Waals surface area contributed by atoms with Crippen LogP contribution >= 0.6 is 11.6 Å². The average Bonchev–Trinajstić information content (AvgIpc) is 2.80. The number of halogens is 1. The fourth-order valence-electron chi connectivity index (χ4n) is 4.13. The van der Waals surface area contributed by atoms with Gasteiger partial charge in [0.15, 0.2) is 20.7 Å². The molecule has 1 aromatic carbocycles. The van der Waals surface area contributed by atoms with Crippen LogP contribution < -0.4 is 20.7 Å². The number of nitrogens with zero attached hydrogens (tertiary/aromatic N) is 3. The van der Waals surface area contributed by atoms with Crippen LogP contribution in [-0.4, -0.2) is 68.1 Å². The van der Waals surface area contributed by atoms with Crippen LogP contribution in [-0.2, 0) is 20.7 Å². The number of sulfone groups is 1. The van der Waals surface area contributed by atoms with Crippen LogP contribution in [0.1, 0.15) is 44.7 Å². The molecule has 4 N–H and O–H groups in total. The molecular formula is C25H36ClN7O5S2. The molecule has 0 radical (unpaired) electrons. The predicted molar refractivity (Wildman–Crippen MR) is 159 cm³/mol. The maximum absolute atomic E-state index is 12.7. The Morgan fingerprint density at radius 2 is 1.95 bits per heavy atom. The van der Waals surface area contributed by atoms with Gasteiger partial charge in [0.1, 0.15) is 10.8 Å². The molecule has 15 heteroatoms. The summed E-state index contributed by atoms with van der Waals surface area (Å²) in [6.45, 7) is 10.1. The van der Waals surface area contributed by atoms with E-state index in [1.54, 1.807) is 20.9 Å². The van der Waals surface area contributed by atoms with Crippen LogP contribution in [0.4, 0.5) is 17.5 Å². The highest BCUT2D eigenvalue weighted by atomic mass is 35.5. The summed E-state index contributed by atoms with van der Waals surface area (Å²) in [5, 5.41) is 16.6. The summed E-state index contributed by atoms with van der Waals surface area (Å²) in [5.41, 5.74) is 2.51. The molecule has 3 rings (SSSR count). The van der Waals surface area contributed by atoms with Gasteiger partial charge in [-0.2, -0.15) is 4.98 Å². The number of rotatable bonds is 12. The molecule has 0 atom stereocenters. The van der Waals surface area contributed by atoms with E-state index in [9.17, 15) is 16.8 Å². The lowest BCUT2D eigenvalue weighted by atomic mass is 9.89. The molecule has 1 aliphatic heterocycles. The highest BCUT2D eigenvalue weighted by molar-refractivity contribution is 8.06. The lowest BCUT2D eigenvalue weighted by molar-refractivity contribution is 0.241. The predicted octanol–water partition coefficient (Wildman–Crippen LogP) is 3.42. The summed E-state index contributed by atoms with van der Waals surface area (Å²) in [6.07, 6.45) is 2.58. The second kappa shape index (κ2) is 13.1. The van der Waals surface area contributed by atoms with Crippen molar-refractivity contribution in [1.29, 1.82) is 5.41 Å². The zero-order chi connectivity index (χ0) is 29.8. The number of nitrogens with one attached hydrogen (secondary N) is 4. The van der Waals surface area contributed by atoms with Gasteiger partial charge in [0.05, 0.1) is 29.4 Å². The first-order chi connectivity index (χ1) is 18.7.